The summed E-state index contributed by atoms with van der Waals surface area (Å²) in [5.41, 5.74) is 7.18. The zero-order valence-corrected chi connectivity index (χ0v) is 20.1. The van der Waals surface area contributed by atoms with Crippen LogP contribution in [0.15, 0.2) is 36.8 Å². The zero-order chi connectivity index (χ0) is 25.9. The first-order chi connectivity index (χ1) is 17.9. The molecular weight excluding hydrogens is 480 g/mol. The summed E-state index contributed by atoms with van der Waals surface area (Å²) < 4.78 is 8.05. The Morgan fingerprint density at radius 2 is 2.08 bits per heavy atom. The third-order valence-corrected chi connectivity index (χ3v) is 6.81. The smallest absolute Gasteiger partial charge is 0.405 e. The molecule has 3 amide bonds. The van der Waals surface area contributed by atoms with Crippen LogP contribution in [-0.4, -0.2) is 79.3 Å². The molecule has 194 valence electrons. The summed E-state index contributed by atoms with van der Waals surface area (Å²) in [5.74, 6) is 0.884. The van der Waals surface area contributed by atoms with Crippen molar-refractivity contribution in [1.82, 2.24) is 29.8 Å². The highest BCUT2D eigenvalue weighted by Crippen LogP contribution is 2.31. The van der Waals surface area contributed by atoms with E-state index in [1.54, 1.807) is 15.6 Å². The first kappa shape index (κ1) is 24.3. The minimum Gasteiger partial charge on any atom is -0.491 e. The summed E-state index contributed by atoms with van der Waals surface area (Å²) in [5, 5.41) is 15.5. The van der Waals surface area contributed by atoms with E-state index in [-0.39, 0.29) is 12.6 Å². The first-order valence-electron chi connectivity index (χ1n) is 12.1. The van der Waals surface area contributed by atoms with Gasteiger partial charge in [0, 0.05) is 31.4 Å². The van der Waals surface area contributed by atoms with Gasteiger partial charge in [-0.2, -0.15) is 14.6 Å². The van der Waals surface area contributed by atoms with Gasteiger partial charge in [0.15, 0.2) is 0 Å². The largest absolute Gasteiger partial charge is 0.491 e. The van der Waals surface area contributed by atoms with Gasteiger partial charge < -0.3 is 30.7 Å². The number of primary amides is 1. The van der Waals surface area contributed by atoms with E-state index in [4.69, 9.17) is 15.6 Å². The molecule has 2 atom stereocenters. The number of benzene rings is 1. The van der Waals surface area contributed by atoms with Crippen LogP contribution in [-0.2, 0) is 22.6 Å². The van der Waals surface area contributed by atoms with Crippen LogP contribution in [0.25, 0.3) is 5.78 Å². The van der Waals surface area contributed by atoms with E-state index in [9.17, 15) is 14.4 Å². The number of carboxylic acid groups (broad SMARTS) is 1. The van der Waals surface area contributed by atoms with Crippen molar-refractivity contribution < 1.29 is 24.2 Å². The zero-order valence-electron chi connectivity index (χ0n) is 20.1. The van der Waals surface area contributed by atoms with E-state index in [0.29, 0.717) is 31.1 Å². The molecular formula is C24H28N8O5. The number of anilines is 1. The maximum absolute atomic E-state index is 13.1. The molecule has 0 spiro atoms. The normalized spacial score (nSPS) is 17.9. The number of nitrogens with one attached hydrogen (secondary N) is 1. The van der Waals surface area contributed by atoms with Crippen molar-refractivity contribution in [3.05, 3.63) is 47.9 Å². The van der Waals surface area contributed by atoms with E-state index < -0.39 is 30.4 Å². The summed E-state index contributed by atoms with van der Waals surface area (Å²) in [7, 11) is 0. The molecule has 1 aromatic carbocycles. The van der Waals surface area contributed by atoms with Crippen molar-refractivity contribution in [2.45, 2.75) is 44.3 Å². The van der Waals surface area contributed by atoms with Gasteiger partial charge in [0.1, 0.15) is 30.5 Å². The average Bonchev–Trinajstić information content (AvgIpc) is 3.55. The lowest BCUT2D eigenvalue weighted by atomic mass is 9.98. The number of hydrogen-bond donors (Lipinski definition) is 3. The fourth-order valence-electron chi connectivity index (χ4n) is 5.08. The van der Waals surface area contributed by atoms with Crippen molar-refractivity contribution in [2.75, 3.05) is 24.6 Å². The molecule has 1 saturated heterocycles. The molecule has 0 saturated carbocycles. The molecule has 1 fully saturated rings. The van der Waals surface area contributed by atoms with Gasteiger partial charge in [-0.1, -0.05) is 12.1 Å². The molecule has 13 heteroatoms. The molecule has 37 heavy (non-hydrogen) atoms. The van der Waals surface area contributed by atoms with Crippen LogP contribution in [0.4, 0.5) is 10.6 Å². The number of aromatic nitrogens is 4. The number of carbonyl (C=O) groups is 3. The molecule has 13 nitrogen and oxygen atoms in total. The van der Waals surface area contributed by atoms with Crippen molar-refractivity contribution >= 4 is 29.5 Å². The number of hydrogen-bond acceptors (Lipinski definition) is 8. The van der Waals surface area contributed by atoms with E-state index in [1.807, 2.05) is 24.3 Å². The van der Waals surface area contributed by atoms with Crippen LogP contribution in [0.1, 0.15) is 30.4 Å². The van der Waals surface area contributed by atoms with Crippen molar-refractivity contribution in [2.24, 2.45) is 5.73 Å². The lowest BCUT2D eigenvalue weighted by Gasteiger charge is -2.33. The van der Waals surface area contributed by atoms with Gasteiger partial charge in [0.25, 0.3) is 5.78 Å². The molecule has 4 N–H and O–H groups in total. The first-order valence-corrected chi connectivity index (χ1v) is 12.1. The van der Waals surface area contributed by atoms with Gasteiger partial charge in [-0.15, -0.1) is 0 Å². The van der Waals surface area contributed by atoms with E-state index >= 15 is 0 Å². The van der Waals surface area contributed by atoms with Crippen LogP contribution in [0.2, 0.25) is 0 Å². The fraction of sp³-hybridized carbons (Fsp3) is 0.417. The number of nitrogens with two attached hydrogens (primary N) is 1. The Morgan fingerprint density at radius 1 is 1.22 bits per heavy atom. The van der Waals surface area contributed by atoms with Crippen LogP contribution in [0, 0.1) is 0 Å². The van der Waals surface area contributed by atoms with Crippen molar-refractivity contribution in [3.8, 4) is 5.75 Å². The van der Waals surface area contributed by atoms with Crippen LogP contribution in [0.5, 0.6) is 5.75 Å². The monoisotopic (exact) mass is 508 g/mol. The highest BCUT2D eigenvalue weighted by Gasteiger charge is 2.32. The van der Waals surface area contributed by atoms with Crippen LogP contribution >= 0.6 is 0 Å². The number of rotatable bonds is 8. The third kappa shape index (κ3) is 5.10. The fourth-order valence-corrected chi connectivity index (χ4v) is 5.08. The number of fused-ring (bicyclic) bond motifs is 2. The van der Waals surface area contributed by atoms with E-state index in [2.05, 4.69) is 25.3 Å². The predicted octanol–water partition coefficient (Wildman–Crippen LogP) is 0.568. The Morgan fingerprint density at radius 3 is 2.89 bits per heavy atom. The second kappa shape index (κ2) is 10.3. The highest BCUT2D eigenvalue weighted by atomic mass is 16.5. The molecule has 4 heterocycles. The van der Waals surface area contributed by atoms with Gasteiger partial charge in [0.05, 0.1) is 12.5 Å². The summed E-state index contributed by atoms with van der Waals surface area (Å²) in [6.07, 6.45) is 3.97. The Bertz CT molecular complexity index is 1310. The summed E-state index contributed by atoms with van der Waals surface area (Å²) in [6, 6.07) is 6.62. The SMILES string of the molecule is NC(=O)C[C@@H](NC(=O)O)C(=O)N1CCc2cccc(OC[C@H]3CCCN3c3ccnc4ncnn34)c2C1. The minimum atomic E-state index is -1.39. The van der Waals surface area contributed by atoms with E-state index in [1.165, 1.54) is 6.33 Å². The average molecular weight is 509 g/mol. The number of carbonyl (C=O) groups excluding carboxylic acids is 2. The summed E-state index contributed by atoms with van der Waals surface area (Å²) >= 11 is 0. The van der Waals surface area contributed by atoms with Crippen LogP contribution in [0.3, 0.4) is 0 Å². The topological polar surface area (TPSA) is 168 Å². The molecule has 3 aromatic rings. The molecule has 2 aliphatic rings. The molecule has 2 aliphatic heterocycles. The molecule has 0 aliphatic carbocycles. The molecule has 2 aromatic heterocycles. The Labute approximate surface area is 212 Å². The Balaban J connectivity index is 1.31. The molecule has 0 unspecified atom stereocenters. The van der Waals surface area contributed by atoms with Gasteiger partial charge in [-0.05, 0) is 37.0 Å². The highest BCUT2D eigenvalue weighted by molar-refractivity contribution is 5.90. The van der Waals surface area contributed by atoms with Gasteiger partial charge in [-0.3, -0.25) is 9.59 Å². The maximum Gasteiger partial charge on any atom is 0.405 e. The number of ether oxygens (including phenoxy) is 1. The summed E-state index contributed by atoms with van der Waals surface area (Å²) in [6.45, 7) is 1.95. The lowest BCUT2D eigenvalue weighted by Crippen LogP contribution is -2.51. The number of amides is 3. The molecule has 0 radical (unpaired) electrons. The molecule has 5 rings (SSSR count). The van der Waals surface area contributed by atoms with Gasteiger partial charge >= 0.3 is 6.09 Å². The summed E-state index contributed by atoms with van der Waals surface area (Å²) in [4.78, 5) is 47.8. The van der Waals surface area contributed by atoms with Gasteiger partial charge in [0.2, 0.25) is 11.8 Å². The Hall–Kier alpha value is -4.42. The van der Waals surface area contributed by atoms with Gasteiger partial charge in [-0.25, -0.2) is 9.78 Å². The second-order valence-electron chi connectivity index (χ2n) is 9.15. The third-order valence-electron chi connectivity index (χ3n) is 6.81. The number of nitrogens with zero attached hydrogens (tertiary/aromatic N) is 6. The molecule has 0 bridgehead atoms. The predicted molar refractivity (Wildman–Crippen MR) is 131 cm³/mol. The maximum atomic E-state index is 13.1. The quantitative estimate of drug-likeness (QED) is 0.394. The van der Waals surface area contributed by atoms with E-state index in [0.717, 1.165) is 36.3 Å². The lowest BCUT2D eigenvalue weighted by molar-refractivity contribution is -0.136. The van der Waals surface area contributed by atoms with Crippen LogP contribution < -0.4 is 20.7 Å². The van der Waals surface area contributed by atoms with Crippen molar-refractivity contribution in [3.63, 3.8) is 0 Å². The van der Waals surface area contributed by atoms with Crippen molar-refractivity contribution in [1.29, 1.82) is 0 Å². The Kier molecular flexibility index (Phi) is 6.75. The second-order valence-corrected chi connectivity index (χ2v) is 9.15. The minimum absolute atomic E-state index is 0.117. The standard InChI is InChI=1S/C24H28N8O5/c25-20(33)11-18(29-24(35)36)22(34)30-10-7-15-3-1-5-19(17(15)12-30)37-13-16-4-2-9-31(16)21-6-8-26-23-27-14-28-32(21)23/h1,3,5-6,8,14,16,18,29H,2,4,7,9-13H2,(H2,25,33)(H,35,36)/t16-,18-/m1/s1.